The summed E-state index contributed by atoms with van der Waals surface area (Å²) in [5.41, 5.74) is 1.48. The molecule has 136 valence electrons. The Labute approximate surface area is 151 Å². The Morgan fingerprint density at radius 1 is 0.769 bits per heavy atom. The van der Waals surface area contributed by atoms with Crippen LogP contribution in [0, 0.1) is 0 Å². The number of hydrogen-bond donors (Lipinski definition) is 2. The Kier molecular flexibility index (Phi) is 8.47. The van der Waals surface area contributed by atoms with E-state index in [1.54, 1.807) is 0 Å². The third-order valence-corrected chi connectivity index (χ3v) is 3.39. The molecule has 0 aliphatic rings. The van der Waals surface area contributed by atoms with Crippen LogP contribution in [0.5, 0.6) is 0 Å². The van der Waals surface area contributed by atoms with Gasteiger partial charge in [0.1, 0.15) is 12.4 Å². The number of pyridine rings is 2. The number of nitrogens with zero attached hydrogens (tertiary/aromatic N) is 4. The van der Waals surface area contributed by atoms with Gasteiger partial charge in [-0.3, -0.25) is 0 Å². The summed E-state index contributed by atoms with van der Waals surface area (Å²) in [7, 11) is 0. The van der Waals surface area contributed by atoms with E-state index in [4.69, 9.17) is 19.9 Å². The van der Waals surface area contributed by atoms with E-state index < -0.39 is 0 Å². The summed E-state index contributed by atoms with van der Waals surface area (Å²) in [5, 5.41) is 23.3. The van der Waals surface area contributed by atoms with Crippen molar-refractivity contribution in [3.05, 3.63) is 72.3 Å². The van der Waals surface area contributed by atoms with E-state index in [1.807, 2.05) is 70.1 Å². The quantitative estimate of drug-likeness (QED) is 0.166. The Balaban J connectivity index is 1.68. The highest BCUT2D eigenvalue weighted by molar-refractivity contribution is 5.74. The number of ether oxygens (including phenoxy) is 2. The van der Waals surface area contributed by atoms with Crippen molar-refractivity contribution in [3.63, 3.8) is 0 Å². The summed E-state index contributed by atoms with van der Waals surface area (Å²) in [4.78, 5) is 0. The first-order chi connectivity index (χ1) is 12.8. The van der Waals surface area contributed by atoms with E-state index in [2.05, 4.69) is 10.3 Å². The zero-order chi connectivity index (χ0) is 18.5. The number of aromatic nitrogens is 2. The van der Waals surface area contributed by atoms with Gasteiger partial charge in [0.2, 0.25) is 11.4 Å². The minimum absolute atomic E-state index is 0.344. The molecule has 8 heteroatoms. The van der Waals surface area contributed by atoms with Crippen LogP contribution in [0.1, 0.15) is 11.4 Å². The molecule has 0 aromatic carbocycles. The largest absolute Gasteiger partial charge is 0.411 e. The molecule has 0 unspecified atom stereocenters. The first-order valence-corrected chi connectivity index (χ1v) is 7.97. The summed E-state index contributed by atoms with van der Waals surface area (Å²) < 4.78 is 14.7. The molecule has 0 bridgehead atoms. The normalized spacial score (nSPS) is 11.8. The minimum atomic E-state index is 0.344. The Morgan fingerprint density at radius 2 is 1.23 bits per heavy atom. The summed E-state index contributed by atoms with van der Waals surface area (Å²) in [5.74, 6) is 0. The molecule has 2 aromatic rings. The number of oxime groups is 2. The van der Waals surface area contributed by atoms with Crippen LogP contribution in [0.4, 0.5) is 0 Å². The predicted octanol–water partition coefficient (Wildman–Crippen LogP) is 1.08. The molecule has 8 nitrogen and oxygen atoms in total. The molecule has 0 saturated carbocycles. The first-order valence-electron chi connectivity index (χ1n) is 7.97. The van der Waals surface area contributed by atoms with Gasteiger partial charge in [0.05, 0.1) is 13.2 Å². The summed E-state index contributed by atoms with van der Waals surface area (Å²) >= 11 is 0. The Morgan fingerprint density at radius 3 is 1.65 bits per heavy atom. The second-order valence-corrected chi connectivity index (χ2v) is 5.15. The van der Waals surface area contributed by atoms with Crippen LogP contribution in [0.2, 0.25) is 0 Å². The molecule has 0 fully saturated rings. The van der Waals surface area contributed by atoms with Crippen molar-refractivity contribution in [2.45, 2.75) is 13.5 Å². The van der Waals surface area contributed by atoms with Crippen molar-refractivity contribution < 1.29 is 29.0 Å². The van der Waals surface area contributed by atoms with E-state index in [0.29, 0.717) is 26.7 Å². The van der Waals surface area contributed by atoms with Crippen LogP contribution in [0.3, 0.4) is 0 Å². The molecular formula is C18H22N4O4+2. The van der Waals surface area contributed by atoms with Gasteiger partial charge in [0.25, 0.3) is 13.5 Å². The fourth-order valence-electron chi connectivity index (χ4n) is 2.14. The van der Waals surface area contributed by atoms with Crippen LogP contribution >= 0.6 is 0 Å². The molecule has 2 N–H and O–H groups in total. The van der Waals surface area contributed by atoms with Crippen molar-refractivity contribution >= 4 is 12.4 Å². The van der Waals surface area contributed by atoms with Gasteiger partial charge in [-0.1, -0.05) is 22.5 Å². The predicted molar refractivity (Wildman–Crippen MR) is 93.1 cm³/mol. The van der Waals surface area contributed by atoms with Crippen LogP contribution in [-0.2, 0) is 22.9 Å². The fourth-order valence-corrected chi connectivity index (χ4v) is 2.14. The third kappa shape index (κ3) is 6.42. The van der Waals surface area contributed by atoms with Gasteiger partial charge in [0, 0.05) is 24.3 Å². The van der Waals surface area contributed by atoms with Crippen molar-refractivity contribution in [2.75, 3.05) is 13.2 Å². The molecular weight excluding hydrogens is 336 g/mol. The van der Waals surface area contributed by atoms with Gasteiger partial charge in [-0.15, -0.1) is 0 Å². The molecule has 0 saturated heterocycles. The van der Waals surface area contributed by atoms with Crippen LogP contribution < -0.4 is 9.13 Å². The maximum absolute atomic E-state index is 8.63. The van der Waals surface area contributed by atoms with Crippen molar-refractivity contribution in [1.29, 1.82) is 0 Å². The summed E-state index contributed by atoms with van der Waals surface area (Å²) in [6.07, 6.45) is 10.1. The monoisotopic (exact) mass is 358 g/mol. The summed E-state index contributed by atoms with van der Waals surface area (Å²) in [6, 6.07) is 11.1. The lowest BCUT2D eigenvalue weighted by atomic mass is 10.3. The standard InChI is InChI=1S/C18H20N4O4/c23-19-13-17-7-1-3-9-21(17)15-25-11-5-6-12-26-16-22-10-4-2-8-18(22)14-20-24/h1-10,13-14H,11-12,15-16H2/p+2/b6-5-. The maximum atomic E-state index is 8.63. The zero-order valence-corrected chi connectivity index (χ0v) is 14.3. The zero-order valence-electron chi connectivity index (χ0n) is 14.3. The fraction of sp³-hybridized carbons (Fsp3) is 0.222. The highest BCUT2D eigenvalue weighted by Gasteiger charge is 2.07. The van der Waals surface area contributed by atoms with Crippen molar-refractivity contribution in [3.8, 4) is 0 Å². The van der Waals surface area contributed by atoms with Gasteiger partial charge in [-0.25, -0.2) is 0 Å². The van der Waals surface area contributed by atoms with Gasteiger partial charge in [-0.2, -0.15) is 9.13 Å². The molecule has 2 heterocycles. The lowest BCUT2D eigenvalue weighted by Gasteiger charge is -2.01. The molecule has 0 aliphatic carbocycles. The highest BCUT2D eigenvalue weighted by Crippen LogP contribution is 1.90. The van der Waals surface area contributed by atoms with E-state index in [9.17, 15) is 0 Å². The maximum Gasteiger partial charge on any atom is 0.253 e. The van der Waals surface area contributed by atoms with Crippen molar-refractivity contribution in [2.24, 2.45) is 10.3 Å². The van der Waals surface area contributed by atoms with Crippen LogP contribution in [0.25, 0.3) is 0 Å². The third-order valence-electron chi connectivity index (χ3n) is 3.39. The molecule has 2 rings (SSSR count). The van der Waals surface area contributed by atoms with Gasteiger partial charge >= 0.3 is 0 Å². The Hall–Kier alpha value is -3.10. The number of rotatable bonds is 10. The summed E-state index contributed by atoms with van der Waals surface area (Å²) in [6.45, 7) is 1.55. The van der Waals surface area contributed by atoms with Gasteiger partial charge in [0.15, 0.2) is 12.4 Å². The average molecular weight is 358 g/mol. The van der Waals surface area contributed by atoms with E-state index in [0.717, 1.165) is 11.4 Å². The Bertz CT molecular complexity index is 699. The van der Waals surface area contributed by atoms with Crippen LogP contribution in [0.15, 0.2) is 71.3 Å². The van der Waals surface area contributed by atoms with E-state index in [-0.39, 0.29) is 0 Å². The second kappa shape index (κ2) is 11.5. The van der Waals surface area contributed by atoms with E-state index >= 15 is 0 Å². The van der Waals surface area contributed by atoms with Crippen molar-refractivity contribution in [1.82, 2.24) is 0 Å². The molecule has 0 spiro atoms. The highest BCUT2D eigenvalue weighted by atomic mass is 16.5. The first kappa shape index (κ1) is 19.2. The number of hydrogen-bond acceptors (Lipinski definition) is 6. The topological polar surface area (TPSA) is 91.4 Å². The van der Waals surface area contributed by atoms with E-state index in [1.165, 1.54) is 12.4 Å². The lowest BCUT2D eigenvalue weighted by molar-refractivity contribution is -0.733. The molecule has 0 atom stereocenters. The van der Waals surface area contributed by atoms with Crippen LogP contribution in [-0.4, -0.2) is 36.1 Å². The van der Waals surface area contributed by atoms with Gasteiger partial charge < -0.3 is 19.9 Å². The molecule has 0 aliphatic heterocycles. The van der Waals surface area contributed by atoms with Gasteiger partial charge in [-0.05, 0) is 12.1 Å². The second-order valence-electron chi connectivity index (χ2n) is 5.15. The molecule has 2 aromatic heterocycles. The lowest BCUT2D eigenvalue weighted by Crippen LogP contribution is -2.39. The SMILES string of the molecule is O/N=C/c1cccc[n+]1COC/C=C\COC[n+]1ccccc1/C=N/O. The minimum Gasteiger partial charge on any atom is -0.411 e. The molecule has 0 radical (unpaired) electrons. The smallest absolute Gasteiger partial charge is 0.253 e. The average Bonchev–Trinajstić information content (AvgIpc) is 2.67. The molecule has 26 heavy (non-hydrogen) atoms. The molecule has 0 amide bonds.